The van der Waals surface area contributed by atoms with Crippen molar-refractivity contribution in [2.45, 2.75) is 38.5 Å². The first-order chi connectivity index (χ1) is 10.6. The molecule has 2 aromatic rings. The molecule has 0 aliphatic heterocycles. The number of hydrogen-bond acceptors (Lipinski definition) is 2. The average molecular weight is 290 g/mol. The second kappa shape index (κ2) is 4.64. The van der Waals surface area contributed by atoms with E-state index in [9.17, 15) is 9.59 Å². The van der Waals surface area contributed by atoms with Crippen LogP contribution in [0.5, 0.6) is 0 Å². The molecule has 0 saturated carbocycles. The van der Waals surface area contributed by atoms with E-state index in [-0.39, 0.29) is 11.6 Å². The molecule has 2 heteroatoms. The lowest BCUT2D eigenvalue weighted by Crippen LogP contribution is -2.25. The van der Waals surface area contributed by atoms with E-state index < -0.39 is 0 Å². The summed E-state index contributed by atoms with van der Waals surface area (Å²) >= 11 is 0. The number of fused-ring (bicyclic) bond motifs is 1. The van der Waals surface area contributed by atoms with E-state index in [1.807, 2.05) is 12.1 Å². The van der Waals surface area contributed by atoms with Gasteiger partial charge in [0.1, 0.15) is 0 Å². The summed E-state index contributed by atoms with van der Waals surface area (Å²) in [5, 5.41) is 0. The molecule has 0 aromatic heterocycles. The van der Waals surface area contributed by atoms with Crippen LogP contribution < -0.4 is 0 Å². The van der Waals surface area contributed by atoms with E-state index in [2.05, 4.69) is 24.3 Å². The molecule has 0 radical (unpaired) electrons. The minimum atomic E-state index is 0.122. The summed E-state index contributed by atoms with van der Waals surface area (Å²) in [7, 11) is 0. The molecule has 110 valence electrons. The lowest BCUT2D eigenvalue weighted by molar-refractivity contribution is 0.100. The van der Waals surface area contributed by atoms with Crippen molar-refractivity contribution < 1.29 is 9.59 Å². The standard InChI is InChI=1S/C20H18O2/c1-11(21)13-3-5-15-18-8-7-17(19(15)9-13)16-6-4-14(12(2)22)10-20(16)18/h3-6,9-10,17-18H,7-8H2,1-2H3. The molecular weight excluding hydrogens is 272 g/mol. The van der Waals surface area contributed by atoms with Crippen LogP contribution in [-0.4, -0.2) is 11.6 Å². The van der Waals surface area contributed by atoms with Gasteiger partial charge in [-0.2, -0.15) is 0 Å². The van der Waals surface area contributed by atoms with Gasteiger partial charge in [0.15, 0.2) is 11.6 Å². The minimum Gasteiger partial charge on any atom is -0.295 e. The van der Waals surface area contributed by atoms with Crippen LogP contribution in [0.15, 0.2) is 36.4 Å². The summed E-state index contributed by atoms with van der Waals surface area (Å²) in [5.74, 6) is 0.985. The predicted octanol–water partition coefficient (Wildman–Crippen LogP) is 4.46. The number of carbonyl (C=O) groups excluding carboxylic acids is 2. The summed E-state index contributed by atoms with van der Waals surface area (Å²) in [4.78, 5) is 23.3. The van der Waals surface area contributed by atoms with Crippen molar-refractivity contribution in [3.63, 3.8) is 0 Å². The van der Waals surface area contributed by atoms with E-state index in [1.54, 1.807) is 13.8 Å². The van der Waals surface area contributed by atoms with Crippen molar-refractivity contribution in [2.75, 3.05) is 0 Å². The molecule has 2 unspecified atom stereocenters. The molecule has 5 rings (SSSR count). The highest BCUT2D eigenvalue weighted by atomic mass is 16.1. The molecule has 0 amide bonds. The van der Waals surface area contributed by atoms with Gasteiger partial charge in [0, 0.05) is 23.0 Å². The molecule has 0 N–H and O–H groups in total. The van der Waals surface area contributed by atoms with Crippen molar-refractivity contribution in [3.05, 3.63) is 69.8 Å². The Morgan fingerprint density at radius 3 is 1.50 bits per heavy atom. The summed E-state index contributed by atoms with van der Waals surface area (Å²) in [6.45, 7) is 3.24. The van der Waals surface area contributed by atoms with Gasteiger partial charge in [-0.15, -0.1) is 0 Å². The molecule has 0 saturated heterocycles. The van der Waals surface area contributed by atoms with Crippen molar-refractivity contribution >= 4 is 11.6 Å². The monoisotopic (exact) mass is 290 g/mol. The first kappa shape index (κ1) is 13.4. The summed E-state index contributed by atoms with van der Waals surface area (Å²) in [6, 6.07) is 12.3. The summed E-state index contributed by atoms with van der Waals surface area (Å²) in [6.07, 6.45) is 2.26. The number of hydrogen-bond donors (Lipinski definition) is 0. The zero-order valence-electron chi connectivity index (χ0n) is 12.8. The second-order valence-electron chi connectivity index (χ2n) is 6.48. The highest BCUT2D eigenvalue weighted by molar-refractivity contribution is 5.95. The van der Waals surface area contributed by atoms with Crippen molar-refractivity contribution in [1.82, 2.24) is 0 Å². The normalized spacial score (nSPS) is 21.2. The Hall–Kier alpha value is -2.22. The molecule has 0 spiro atoms. The summed E-state index contributed by atoms with van der Waals surface area (Å²) < 4.78 is 0. The van der Waals surface area contributed by atoms with Gasteiger partial charge in [-0.3, -0.25) is 9.59 Å². The number of Topliss-reactive ketones (excluding diaryl/α,β-unsaturated/α-hetero) is 2. The molecule has 2 bridgehead atoms. The van der Waals surface area contributed by atoms with Crippen LogP contribution in [0.25, 0.3) is 0 Å². The van der Waals surface area contributed by atoms with Gasteiger partial charge < -0.3 is 0 Å². The van der Waals surface area contributed by atoms with Gasteiger partial charge in [0.25, 0.3) is 0 Å². The molecule has 22 heavy (non-hydrogen) atoms. The maximum atomic E-state index is 11.7. The Kier molecular flexibility index (Phi) is 2.83. The van der Waals surface area contributed by atoms with E-state index in [0.717, 1.165) is 24.0 Å². The van der Waals surface area contributed by atoms with Gasteiger partial charge in [-0.25, -0.2) is 0 Å². The van der Waals surface area contributed by atoms with Gasteiger partial charge in [0.2, 0.25) is 0 Å². The van der Waals surface area contributed by atoms with Gasteiger partial charge in [-0.05, 0) is 61.1 Å². The number of ketones is 2. The van der Waals surface area contributed by atoms with Crippen LogP contribution in [0.1, 0.15) is 81.5 Å². The maximum absolute atomic E-state index is 11.7. The van der Waals surface area contributed by atoms with E-state index in [1.165, 1.54) is 22.3 Å². The first-order valence-electron chi connectivity index (χ1n) is 7.86. The molecule has 0 heterocycles. The lowest BCUT2D eigenvalue weighted by Gasteiger charge is -2.40. The topological polar surface area (TPSA) is 34.1 Å². The van der Waals surface area contributed by atoms with Crippen LogP contribution in [0.4, 0.5) is 0 Å². The SMILES string of the molecule is CC(=O)c1ccc2c(c1)C1CCC2c2cc(C(C)=O)ccc21. The Labute approximate surface area is 130 Å². The Balaban J connectivity index is 1.90. The number of carbonyl (C=O) groups is 2. The molecule has 3 aliphatic rings. The van der Waals surface area contributed by atoms with E-state index >= 15 is 0 Å². The van der Waals surface area contributed by atoms with Crippen LogP contribution in [0.3, 0.4) is 0 Å². The molecule has 2 nitrogen and oxygen atoms in total. The van der Waals surface area contributed by atoms with E-state index in [4.69, 9.17) is 0 Å². The summed E-state index contributed by atoms with van der Waals surface area (Å²) in [5.41, 5.74) is 6.91. The maximum Gasteiger partial charge on any atom is 0.159 e. The zero-order valence-corrected chi connectivity index (χ0v) is 12.8. The fraction of sp³-hybridized carbons (Fsp3) is 0.300. The lowest BCUT2D eigenvalue weighted by atomic mass is 9.63. The number of rotatable bonds is 2. The molecule has 3 aliphatic carbocycles. The molecular formula is C20H18O2. The van der Waals surface area contributed by atoms with Crippen LogP contribution in [-0.2, 0) is 0 Å². The third-order valence-electron chi connectivity index (χ3n) is 5.23. The fourth-order valence-corrected chi connectivity index (χ4v) is 4.12. The molecule has 2 aromatic carbocycles. The van der Waals surface area contributed by atoms with Crippen LogP contribution in [0.2, 0.25) is 0 Å². The van der Waals surface area contributed by atoms with Crippen LogP contribution >= 0.6 is 0 Å². The fourth-order valence-electron chi connectivity index (χ4n) is 4.12. The Bertz CT molecular complexity index is 747. The first-order valence-corrected chi connectivity index (χ1v) is 7.86. The quantitative estimate of drug-likeness (QED) is 0.765. The van der Waals surface area contributed by atoms with Crippen molar-refractivity contribution in [1.29, 1.82) is 0 Å². The highest BCUT2D eigenvalue weighted by Gasteiger charge is 2.37. The minimum absolute atomic E-state index is 0.122. The second-order valence-corrected chi connectivity index (χ2v) is 6.48. The smallest absolute Gasteiger partial charge is 0.159 e. The average Bonchev–Trinajstić information content (AvgIpc) is 2.54. The number of benzene rings is 2. The Morgan fingerprint density at radius 1 is 0.727 bits per heavy atom. The zero-order chi connectivity index (χ0) is 15.4. The van der Waals surface area contributed by atoms with Crippen LogP contribution in [0, 0.1) is 0 Å². The Morgan fingerprint density at radius 2 is 1.14 bits per heavy atom. The molecule has 2 atom stereocenters. The largest absolute Gasteiger partial charge is 0.295 e. The van der Waals surface area contributed by atoms with E-state index in [0.29, 0.717) is 11.8 Å². The van der Waals surface area contributed by atoms with Gasteiger partial charge >= 0.3 is 0 Å². The highest BCUT2D eigenvalue weighted by Crippen LogP contribution is 2.53. The van der Waals surface area contributed by atoms with Crippen molar-refractivity contribution in [3.8, 4) is 0 Å². The molecule has 0 fully saturated rings. The van der Waals surface area contributed by atoms with Gasteiger partial charge in [-0.1, -0.05) is 24.3 Å². The predicted molar refractivity (Wildman–Crippen MR) is 85.8 cm³/mol. The van der Waals surface area contributed by atoms with Crippen molar-refractivity contribution in [2.24, 2.45) is 0 Å². The third kappa shape index (κ3) is 1.80. The van der Waals surface area contributed by atoms with Gasteiger partial charge in [0.05, 0.1) is 0 Å². The third-order valence-corrected chi connectivity index (χ3v) is 5.23.